The smallest absolute Gasteiger partial charge is 0.350 e. The van der Waals surface area contributed by atoms with E-state index in [9.17, 15) is 14.4 Å². The van der Waals surface area contributed by atoms with Gasteiger partial charge in [0.2, 0.25) is 0 Å². The summed E-state index contributed by atoms with van der Waals surface area (Å²) in [7, 11) is 0. The zero-order valence-corrected chi connectivity index (χ0v) is 15.5. The van der Waals surface area contributed by atoms with Gasteiger partial charge in [-0.1, -0.05) is 25.4 Å². The van der Waals surface area contributed by atoms with Crippen molar-refractivity contribution < 1.29 is 23.9 Å². The monoisotopic (exact) mass is 370 g/mol. The second kappa shape index (κ2) is 9.27. The van der Waals surface area contributed by atoms with Gasteiger partial charge in [-0.05, 0) is 44.0 Å². The summed E-state index contributed by atoms with van der Waals surface area (Å²) in [5, 5.41) is 5.14. The summed E-state index contributed by atoms with van der Waals surface area (Å²) in [4.78, 5) is 35.2. The van der Waals surface area contributed by atoms with Gasteiger partial charge in [-0.25, -0.2) is 9.59 Å². The number of esters is 1. The molecule has 138 valence electrons. The third kappa shape index (κ3) is 7.89. The Kier molecular flexibility index (Phi) is 7.70. The number of benzene rings is 1. The Morgan fingerprint density at radius 3 is 2.32 bits per heavy atom. The molecule has 0 bridgehead atoms. The number of rotatable bonds is 7. The van der Waals surface area contributed by atoms with E-state index < -0.39 is 30.1 Å². The van der Waals surface area contributed by atoms with E-state index in [1.165, 1.54) is 13.8 Å². The maximum atomic E-state index is 12.1. The van der Waals surface area contributed by atoms with Crippen LogP contribution in [-0.4, -0.2) is 36.7 Å². The number of carbonyl (C=O) groups is 3. The van der Waals surface area contributed by atoms with Gasteiger partial charge in [-0.3, -0.25) is 10.1 Å². The molecule has 0 aliphatic heterocycles. The molecule has 0 aliphatic carbocycles. The first-order chi connectivity index (χ1) is 11.6. The zero-order chi connectivity index (χ0) is 19.0. The minimum absolute atomic E-state index is 0.254. The number of urea groups is 1. The molecule has 0 heterocycles. The van der Waals surface area contributed by atoms with Gasteiger partial charge in [0.1, 0.15) is 5.75 Å². The van der Waals surface area contributed by atoms with Crippen molar-refractivity contribution in [2.45, 2.75) is 33.3 Å². The summed E-state index contributed by atoms with van der Waals surface area (Å²) in [5.41, 5.74) is -1.31. The van der Waals surface area contributed by atoms with E-state index >= 15 is 0 Å². The molecular formula is C17H23ClN2O5. The fraction of sp³-hybridized carbons (Fsp3) is 0.471. The van der Waals surface area contributed by atoms with Crippen LogP contribution in [0.3, 0.4) is 0 Å². The molecule has 1 aromatic rings. The fourth-order valence-corrected chi connectivity index (χ4v) is 1.77. The molecule has 2 N–H and O–H groups in total. The van der Waals surface area contributed by atoms with E-state index in [1.54, 1.807) is 24.3 Å². The lowest BCUT2D eigenvalue weighted by molar-refractivity contribution is -0.161. The molecule has 0 aromatic heterocycles. The van der Waals surface area contributed by atoms with Crippen LogP contribution < -0.4 is 15.4 Å². The molecule has 0 fully saturated rings. The highest BCUT2D eigenvalue weighted by molar-refractivity contribution is 6.30. The molecule has 0 radical (unpaired) electrons. The quantitative estimate of drug-likeness (QED) is 0.719. The second-order valence-electron chi connectivity index (χ2n) is 6.29. The molecule has 0 saturated heterocycles. The summed E-state index contributed by atoms with van der Waals surface area (Å²) in [6.07, 6.45) is 0. The summed E-state index contributed by atoms with van der Waals surface area (Å²) in [6.45, 7) is 6.72. The lowest BCUT2D eigenvalue weighted by Crippen LogP contribution is -2.45. The van der Waals surface area contributed by atoms with Gasteiger partial charge in [0.25, 0.3) is 5.91 Å². The van der Waals surface area contributed by atoms with Crippen LogP contribution in [0.2, 0.25) is 5.02 Å². The Morgan fingerprint density at radius 1 is 1.16 bits per heavy atom. The number of hydrogen-bond donors (Lipinski definition) is 2. The Morgan fingerprint density at radius 2 is 1.76 bits per heavy atom. The maximum Gasteiger partial charge on any atom is 0.350 e. The highest BCUT2D eigenvalue weighted by Crippen LogP contribution is 2.21. The number of hydrogen-bond acceptors (Lipinski definition) is 5. The van der Waals surface area contributed by atoms with Gasteiger partial charge in [-0.15, -0.1) is 0 Å². The standard InChI is InChI=1S/C17H23ClN2O5/c1-11(2)9-19-16(23)20-14(21)10-24-15(22)17(3,4)25-13-7-5-12(18)6-8-13/h5-8,11H,9-10H2,1-4H3,(H2,19,20,21,23). The maximum absolute atomic E-state index is 12.1. The molecule has 8 heteroatoms. The molecule has 0 atom stereocenters. The Balaban J connectivity index is 2.44. The lowest BCUT2D eigenvalue weighted by atomic mass is 10.1. The van der Waals surface area contributed by atoms with Gasteiger partial charge in [0, 0.05) is 11.6 Å². The molecule has 25 heavy (non-hydrogen) atoms. The number of ether oxygens (including phenoxy) is 2. The fourth-order valence-electron chi connectivity index (χ4n) is 1.65. The zero-order valence-electron chi connectivity index (χ0n) is 14.7. The number of nitrogens with one attached hydrogen (secondary N) is 2. The van der Waals surface area contributed by atoms with E-state index in [0.717, 1.165) is 0 Å². The van der Waals surface area contributed by atoms with Crippen LogP contribution in [0, 0.1) is 5.92 Å². The van der Waals surface area contributed by atoms with Gasteiger partial charge in [0.15, 0.2) is 12.2 Å². The van der Waals surface area contributed by atoms with Crippen LogP contribution in [0.4, 0.5) is 4.79 Å². The van der Waals surface area contributed by atoms with Crippen LogP contribution in [0.25, 0.3) is 0 Å². The van der Waals surface area contributed by atoms with Crippen molar-refractivity contribution in [3.8, 4) is 5.75 Å². The van der Waals surface area contributed by atoms with Crippen molar-refractivity contribution in [2.24, 2.45) is 5.92 Å². The van der Waals surface area contributed by atoms with Crippen molar-refractivity contribution in [3.05, 3.63) is 29.3 Å². The molecule has 1 rings (SSSR count). The summed E-state index contributed by atoms with van der Waals surface area (Å²) >= 11 is 5.79. The van der Waals surface area contributed by atoms with Crippen molar-refractivity contribution in [1.82, 2.24) is 10.6 Å². The third-order valence-corrected chi connectivity index (χ3v) is 3.19. The van der Waals surface area contributed by atoms with E-state index in [2.05, 4.69) is 10.6 Å². The first-order valence-electron chi connectivity index (χ1n) is 7.79. The van der Waals surface area contributed by atoms with E-state index in [0.29, 0.717) is 17.3 Å². The normalized spacial score (nSPS) is 11.0. The van der Waals surface area contributed by atoms with Crippen molar-refractivity contribution in [1.29, 1.82) is 0 Å². The molecule has 3 amide bonds. The average molecular weight is 371 g/mol. The van der Waals surface area contributed by atoms with E-state index in [1.807, 2.05) is 13.8 Å². The number of imide groups is 1. The van der Waals surface area contributed by atoms with E-state index in [4.69, 9.17) is 21.1 Å². The topological polar surface area (TPSA) is 93.7 Å². The van der Waals surface area contributed by atoms with Crippen LogP contribution in [-0.2, 0) is 14.3 Å². The number of amides is 3. The van der Waals surface area contributed by atoms with Crippen LogP contribution in [0.5, 0.6) is 5.75 Å². The number of halogens is 1. The Bertz CT molecular complexity index is 614. The minimum atomic E-state index is -1.31. The molecule has 7 nitrogen and oxygen atoms in total. The van der Waals surface area contributed by atoms with Crippen LogP contribution in [0.1, 0.15) is 27.7 Å². The third-order valence-electron chi connectivity index (χ3n) is 2.94. The molecule has 1 aromatic carbocycles. The van der Waals surface area contributed by atoms with Gasteiger partial charge in [-0.2, -0.15) is 0 Å². The van der Waals surface area contributed by atoms with Gasteiger partial charge >= 0.3 is 12.0 Å². The highest BCUT2D eigenvalue weighted by Gasteiger charge is 2.32. The minimum Gasteiger partial charge on any atom is -0.476 e. The second-order valence-corrected chi connectivity index (χ2v) is 6.73. The first-order valence-corrected chi connectivity index (χ1v) is 8.17. The van der Waals surface area contributed by atoms with Gasteiger partial charge in [0.05, 0.1) is 0 Å². The largest absolute Gasteiger partial charge is 0.476 e. The Labute approximate surface area is 152 Å². The summed E-state index contributed by atoms with van der Waals surface area (Å²) in [5.74, 6) is -0.773. The molecule has 0 aliphatic rings. The predicted octanol–water partition coefficient (Wildman–Crippen LogP) is 2.52. The predicted molar refractivity (Wildman–Crippen MR) is 93.5 cm³/mol. The van der Waals surface area contributed by atoms with Crippen molar-refractivity contribution >= 4 is 29.5 Å². The SMILES string of the molecule is CC(C)CNC(=O)NC(=O)COC(=O)C(C)(C)Oc1ccc(Cl)cc1. The number of carbonyl (C=O) groups excluding carboxylic acids is 3. The Hall–Kier alpha value is -2.28. The molecule has 0 unspecified atom stereocenters. The van der Waals surface area contributed by atoms with Crippen molar-refractivity contribution in [2.75, 3.05) is 13.2 Å². The van der Waals surface area contributed by atoms with Crippen LogP contribution >= 0.6 is 11.6 Å². The summed E-state index contributed by atoms with van der Waals surface area (Å²) < 4.78 is 10.5. The van der Waals surface area contributed by atoms with Gasteiger partial charge < -0.3 is 14.8 Å². The van der Waals surface area contributed by atoms with E-state index in [-0.39, 0.29) is 5.92 Å². The first kappa shape index (κ1) is 20.8. The van der Waals surface area contributed by atoms with Crippen LogP contribution in [0.15, 0.2) is 24.3 Å². The van der Waals surface area contributed by atoms with Crippen molar-refractivity contribution in [3.63, 3.8) is 0 Å². The molecule has 0 spiro atoms. The molecular weight excluding hydrogens is 348 g/mol. The molecule has 0 saturated carbocycles. The average Bonchev–Trinajstić information content (AvgIpc) is 2.52. The highest BCUT2D eigenvalue weighted by atomic mass is 35.5. The lowest BCUT2D eigenvalue weighted by Gasteiger charge is -2.24. The summed E-state index contributed by atoms with van der Waals surface area (Å²) in [6, 6.07) is 5.85.